The fourth-order valence-corrected chi connectivity index (χ4v) is 10.2. The number of hydrogen-bond donors (Lipinski definition) is 5. The number of aromatic nitrogens is 2. The minimum absolute atomic E-state index is 0. The van der Waals surface area contributed by atoms with Crippen molar-refractivity contribution < 1.29 is 162 Å². The number of halogens is 2. The zero-order chi connectivity index (χ0) is 75.8. The van der Waals surface area contributed by atoms with E-state index >= 15 is 0 Å². The predicted octanol–water partition coefficient (Wildman–Crippen LogP) is 3.57. The van der Waals surface area contributed by atoms with Crippen LogP contribution in [0.1, 0.15) is 115 Å². The van der Waals surface area contributed by atoms with Crippen LogP contribution in [0.2, 0.25) is 10.0 Å². The molecule has 0 aliphatic carbocycles. The van der Waals surface area contributed by atoms with Gasteiger partial charge in [0, 0.05) is 68.0 Å². The monoisotopic (exact) mass is 1700 g/mol. The zero-order valence-corrected chi connectivity index (χ0v) is 66.2. The van der Waals surface area contributed by atoms with Crippen molar-refractivity contribution in [3.63, 3.8) is 0 Å². The summed E-state index contributed by atoms with van der Waals surface area (Å²) in [6, 6.07) is 22.2. The van der Waals surface area contributed by atoms with Gasteiger partial charge in [-0.15, -0.1) is 5.75 Å². The fourth-order valence-electron chi connectivity index (χ4n) is 9.47. The molecule has 8 amide bonds. The molecule has 31 nitrogen and oxygen atoms in total. The van der Waals surface area contributed by atoms with Crippen LogP contribution in [0.15, 0.2) is 84.9 Å². The number of aliphatic carboxylic acids is 2. The van der Waals surface area contributed by atoms with Crippen molar-refractivity contribution in [2.24, 2.45) is 0 Å². The van der Waals surface area contributed by atoms with E-state index < -0.39 is 107 Å². The quantitative estimate of drug-likeness (QED) is 0.0164. The third-order valence-electron chi connectivity index (χ3n) is 14.3. The number of hydroxylamine groups is 4. The molecule has 0 aliphatic heterocycles. The summed E-state index contributed by atoms with van der Waals surface area (Å²) in [6.45, 7) is 6.09. The molecule has 2 aromatic heterocycles. The number of rotatable bonds is 35. The van der Waals surface area contributed by atoms with Gasteiger partial charge in [-0.1, -0.05) is 100 Å². The van der Waals surface area contributed by atoms with E-state index in [4.69, 9.17) is 47.3 Å². The second kappa shape index (κ2) is 46.9. The first kappa shape index (κ1) is 92.3. The van der Waals surface area contributed by atoms with Gasteiger partial charge in [-0.2, -0.15) is 10.1 Å². The van der Waals surface area contributed by atoms with Gasteiger partial charge in [0.1, 0.15) is 0 Å². The fraction of sp³-hybridized carbons (Fsp3) is 0.379. The number of benzene rings is 4. The first-order valence-corrected chi connectivity index (χ1v) is 36.6. The van der Waals surface area contributed by atoms with Crippen molar-refractivity contribution in [3.05, 3.63) is 145 Å². The summed E-state index contributed by atoms with van der Waals surface area (Å²) in [4.78, 5) is 171. The van der Waals surface area contributed by atoms with E-state index in [0.717, 1.165) is 60.4 Å². The SMILES string of the molecule is CCCCCCN(Oc1ccc2c(c1)c(CC(=O)O)c(C)n2C(=O)c1ccc(Cl)cc1)C(=O)CNC(=O)CNC(=O)CNC(=O)CSC(C)=O.CCCCCCN(Oc1ccc2c(c1)c(CC(=O)O)c(C)n2C(=O)c1ccc(Cl)cc1)C(=O)C[N-]C(=O)C[N-]C(=O)C[N-]C(=O)C[S-].[99Tc+4].[Na+].[O]=[Tc](=[O])(=[O])[O-]. The summed E-state index contributed by atoms with van der Waals surface area (Å²) in [7, 11) is 0. The van der Waals surface area contributed by atoms with Crippen molar-refractivity contribution in [3.8, 4) is 11.5 Å². The number of nitrogens with zero attached hydrogens (tertiary/aromatic N) is 7. The van der Waals surface area contributed by atoms with Gasteiger partial charge >= 0.3 is 91.5 Å². The van der Waals surface area contributed by atoms with Gasteiger partial charge in [-0.25, -0.2) is 0 Å². The number of carbonyl (C=O) groups is 13. The Labute approximate surface area is 655 Å². The van der Waals surface area contributed by atoms with Crippen LogP contribution in [-0.2, 0) is 124 Å². The van der Waals surface area contributed by atoms with E-state index in [1.54, 1.807) is 98.8 Å². The number of hydrogen-bond acceptors (Lipinski definition) is 21. The molecule has 0 saturated heterocycles. The molecule has 0 aliphatic rings. The van der Waals surface area contributed by atoms with Crippen molar-refractivity contribution >= 4 is 146 Å². The minimum atomic E-state index is -5.94. The Kier molecular flexibility index (Phi) is 41.6. The summed E-state index contributed by atoms with van der Waals surface area (Å²) >= 11 is 11.4. The van der Waals surface area contributed by atoms with Gasteiger partial charge < -0.3 is 78.8 Å². The normalized spacial score (nSPS) is 10.5. The predicted molar refractivity (Wildman–Crippen MR) is 368 cm³/mol. The molecule has 2 heterocycles. The van der Waals surface area contributed by atoms with Crippen molar-refractivity contribution in [2.75, 3.05) is 63.9 Å². The molecule has 0 unspecified atom stereocenters. The molecule has 0 saturated carbocycles. The molecule has 555 valence electrons. The van der Waals surface area contributed by atoms with Crippen LogP contribution in [0.3, 0.4) is 0 Å². The molecule has 0 spiro atoms. The van der Waals surface area contributed by atoms with E-state index in [1.807, 2.05) is 13.8 Å². The number of amides is 8. The van der Waals surface area contributed by atoms with Crippen LogP contribution < -0.4 is 59.0 Å². The summed E-state index contributed by atoms with van der Waals surface area (Å²) in [5.41, 5.74) is 3.31. The van der Waals surface area contributed by atoms with Crippen LogP contribution in [0.5, 0.6) is 11.5 Å². The molecule has 4 aromatic carbocycles. The van der Waals surface area contributed by atoms with Crippen molar-refractivity contribution in [1.82, 2.24) is 35.2 Å². The Bertz CT molecular complexity index is 4230. The van der Waals surface area contributed by atoms with E-state index in [0.29, 0.717) is 78.3 Å². The second-order valence-electron chi connectivity index (χ2n) is 22.0. The Morgan fingerprint density at radius 3 is 1.32 bits per heavy atom. The molecule has 38 heteroatoms. The molecule has 104 heavy (non-hydrogen) atoms. The van der Waals surface area contributed by atoms with Gasteiger partial charge in [-0.3, -0.25) is 57.1 Å². The van der Waals surface area contributed by atoms with Crippen molar-refractivity contribution in [2.45, 2.75) is 98.8 Å². The summed E-state index contributed by atoms with van der Waals surface area (Å²) < 4.78 is 37.3. The molecule has 5 N–H and O–H groups in total. The summed E-state index contributed by atoms with van der Waals surface area (Å²) in [6.07, 6.45) is 5.92. The Balaban J connectivity index is 0.000000652. The van der Waals surface area contributed by atoms with E-state index in [2.05, 4.69) is 44.5 Å². The topological polar surface area (TPSA) is 450 Å². The maximum absolute atomic E-state index is 13.5. The number of carboxylic acid groups (broad SMARTS) is 2. The number of carboxylic acids is 2. The number of carbonyl (C=O) groups excluding carboxylic acids is 11. The number of thioether (sulfide) groups is 1. The molecule has 0 bridgehead atoms. The average molecular weight is 1700 g/mol. The van der Waals surface area contributed by atoms with E-state index in [1.165, 1.54) is 16.1 Å². The van der Waals surface area contributed by atoms with Crippen LogP contribution in [0.4, 0.5) is 0 Å². The van der Waals surface area contributed by atoms with Crippen LogP contribution >= 0.6 is 35.0 Å². The van der Waals surface area contributed by atoms with Gasteiger partial charge in [0.25, 0.3) is 17.7 Å². The number of unbranched alkanes of at least 4 members (excludes halogenated alkanes) is 6. The average Bonchev–Trinajstić information content (AvgIpc) is 1.61. The third kappa shape index (κ3) is 32.3. The van der Waals surface area contributed by atoms with E-state index in [9.17, 15) is 72.5 Å². The number of fused-ring (bicyclic) bond motifs is 2. The van der Waals surface area contributed by atoms with Gasteiger partial charge in [0.2, 0.25) is 23.6 Å². The first-order valence-electron chi connectivity index (χ1n) is 31.3. The molecule has 0 fully saturated rings. The second-order valence-corrected chi connectivity index (χ2v) is 26.2. The summed E-state index contributed by atoms with van der Waals surface area (Å²) in [5, 5.41) is 40.8. The Morgan fingerprint density at radius 2 is 0.933 bits per heavy atom. The van der Waals surface area contributed by atoms with Crippen LogP contribution in [-0.4, -0.2) is 169 Å². The molecule has 6 rings (SSSR count). The van der Waals surface area contributed by atoms with Crippen molar-refractivity contribution in [1.29, 1.82) is 0 Å². The Morgan fingerprint density at radius 1 is 0.558 bits per heavy atom. The van der Waals surface area contributed by atoms with Crippen LogP contribution in [0.25, 0.3) is 37.8 Å². The molecular weight excluding hydrogens is 1620 g/mol. The molecule has 6 aromatic rings. The maximum atomic E-state index is 13.5. The van der Waals surface area contributed by atoms with Crippen LogP contribution in [0, 0.1) is 13.8 Å². The van der Waals surface area contributed by atoms with E-state index in [-0.39, 0.29) is 122 Å². The number of nitrogens with one attached hydrogen (secondary N) is 3. The Hall–Kier alpha value is -7.79. The molecule has 1 radical (unpaired) electrons. The third-order valence-corrected chi connectivity index (χ3v) is 15.9. The summed E-state index contributed by atoms with van der Waals surface area (Å²) in [5.74, 6) is -8.18. The van der Waals surface area contributed by atoms with Gasteiger partial charge in [-0.05, 0) is 129 Å². The first-order chi connectivity index (χ1) is 48.2. The molecular formula is C66H74Cl2N10NaO21S2Tc2. The van der Waals surface area contributed by atoms with Gasteiger partial charge in [0.05, 0.1) is 62.4 Å². The van der Waals surface area contributed by atoms with Gasteiger partial charge in [0.15, 0.2) is 16.6 Å². The zero-order valence-electron chi connectivity index (χ0n) is 57.3. The standard InChI is InChI=1S/C34H40ClN5O9S.C32H38ClN5O8S.Na.4O.2Tc/c1-4-5-6-7-14-39(32(45)19-38-30(43)17-36-29(42)18-37-31(44)20-50-22(3)41)49-25-12-13-28-27(15-25)26(16-33(46)47)21(2)40(28)34(48)23-8-10-24(35)11-9-23;1-3-4-5-6-13-37(30(42)18-36-28(40)16-34-27(39)17-35-29(41)19-47)46-23-11-12-26-25(14-23)24(15-31(43)44)20(2)38(26)32(45)21-7-9-22(33)10-8-21;;;;;;;/h8-13,15H,4-7,14,16-20H2,1-3H3,(H,36,42)(H,37,44)(H,38,43)(H,46,47);7-12,14H,3-6,13,15-19H2,1-2H3,(H5,34,35,36,39,40,41,43,44,47);;;;;;;/q;;+1;;;;-1;+4;/p-4/i;;;;;;;1+1;. The molecule has 0 atom stereocenters.